The van der Waals surface area contributed by atoms with E-state index in [-0.39, 0.29) is 0 Å². The predicted molar refractivity (Wildman–Crippen MR) is 102 cm³/mol. The maximum Gasteiger partial charge on any atom is 0.191 e. The third-order valence-electron chi connectivity index (χ3n) is 4.07. The van der Waals surface area contributed by atoms with Gasteiger partial charge in [-0.25, -0.2) is 4.98 Å². The molecule has 0 aliphatic heterocycles. The van der Waals surface area contributed by atoms with E-state index < -0.39 is 0 Å². The number of guanidine groups is 1. The van der Waals surface area contributed by atoms with Gasteiger partial charge in [0.15, 0.2) is 5.96 Å². The number of hydrogen-bond donors (Lipinski definition) is 3. The number of fused-ring (bicyclic) bond motifs is 1. The Hall–Kier alpha value is -2.34. The fraction of sp³-hybridized carbons (Fsp3) is 0.333. The van der Waals surface area contributed by atoms with E-state index in [0.29, 0.717) is 6.54 Å². The van der Waals surface area contributed by atoms with Crippen LogP contribution in [0, 0.1) is 13.8 Å². The van der Waals surface area contributed by atoms with Crippen LogP contribution in [0.1, 0.15) is 21.1 Å². The number of aromatic nitrogens is 2. The number of aryl methyl sites for hydroxylation is 2. The first-order valence-corrected chi connectivity index (χ1v) is 8.91. The smallest absolute Gasteiger partial charge is 0.191 e. The Labute approximate surface area is 146 Å². The van der Waals surface area contributed by atoms with Crippen molar-refractivity contribution in [2.45, 2.75) is 26.8 Å². The van der Waals surface area contributed by atoms with Crippen LogP contribution in [0.2, 0.25) is 0 Å². The lowest BCUT2D eigenvalue weighted by molar-refractivity contribution is 0.792. The minimum atomic E-state index is 0.701. The first-order valence-electron chi connectivity index (χ1n) is 8.10. The van der Waals surface area contributed by atoms with Crippen LogP contribution >= 0.6 is 11.3 Å². The zero-order valence-electron chi connectivity index (χ0n) is 14.3. The van der Waals surface area contributed by atoms with Gasteiger partial charge in [-0.1, -0.05) is 18.2 Å². The Morgan fingerprint density at radius 3 is 2.83 bits per heavy atom. The van der Waals surface area contributed by atoms with Crippen molar-refractivity contribution in [2.24, 2.45) is 4.99 Å². The van der Waals surface area contributed by atoms with Crippen LogP contribution in [-0.2, 0) is 13.0 Å². The average molecular weight is 341 g/mol. The predicted octanol–water partition coefficient (Wildman–Crippen LogP) is 3.15. The van der Waals surface area contributed by atoms with Gasteiger partial charge in [0.25, 0.3) is 0 Å². The highest BCUT2D eigenvalue weighted by Crippen LogP contribution is 2.18. The quantitative estimate of drug-likeness (QED) is 0.493. The maximum atomic E-state index is 4.54. The second-order valence-electron chi connectivity index (χ2n) is 5.71. The molecular formula is C18H23N5S. The minimum absolute atomic E-state index is 0.701. The molecule has 0 fully saturated rings. The molecule has 126 valence electrons. The van der Waals surface area contributed by atoms with Gasteiger partial charge in [-0.2, -0.15) is 0 Å². The number of hydrogen-bond acceptors (Lipinski definition) is 3. The molecule has 24 heavy (non-hydrogen) atoms. The molecule has 0 saturated heterocycles. The zero-order valence-corrected chi connectivity index (χ0v) is 15.1. The Morgan fingerprint density at radius 1 is 1.25 bits per heavy atom. The normalized spacial score (nSPS) is 11.9. The molecule has 0 unspecified atom stereocenters. The molecule has 6 heteroatoms. The fourth-order valence-electron chi connectivity index (χ4n) is 2.65. The van der Waals surface area contributed by atoms with Crippen LogP contribution in [0.15, 0.2) is 35.5 Å². The standard InChI is InChI=1S/C18H23N5S/c1-12-13(2)24-17(23-12)11-22-18(19-3)20-9-8-14-10-21-16-7-5-4-6-15(14)16/h4-7,10,21H,8-9,11H2,1-3H3,(H2,19,20,22). The number of para-hydroxylation sites is 1. The van der Waals surface area contributed by atoms with E-state index in [1.165, 1.54) is 21.3 Å². The van der Waals surface area contributed by atoms with Crippen molar-refractivity contribution in [1.82, 2.24) is 20.6 Å². The third-order valence-corrected chi connectivity index (χ3v) is 5.14. The van der Waals surface area contributed by atoms with Gasteiger partial charge >= 0.3 is 0 Å². The van der Waals surface area contributed by atoms with E-state index in [0.717, 1.165) is 29.6 Å². The summed E-state index contributed by atoms with van der Waals surface area (Å²) in [7, 11) is 1.79. The number of benzene rings is 1. The molecule has 0 atom stereocenters. The number of thiazole rings is 1. The Morgan fingerprint density at radius 2 is 2.08 bits per heavy atom. The van der Waals surface area contributed by atoms with Crippen molar-refractivity contribution in [3.05, 3.63) is 51.6 Å². The number of nitrogens with zero attached hydrogens (tertiary/aromatic N) is 2. The molecule has 0 spiro atoms. The highest BCUT2D eigenvalue weighted by atomic mass is 32.1. The van der Waals surface area contributed by atoms with Crippen molar-refractivity contribution >= 4 is 28.2 Å². The molecule has 0 bridgehead atoms. The van der Waals surface area contributed by atoms with E-state index in [1.54, 1.807) is 18.4 Å². The monoisotopic (exact) mass is 341 g/mol. The van der Waals surface area contributed by atoms with Crippen molar-refractivity contribution < 1.29 is 0 Å². The summed E-state index contributed by atoms with van der Waals surface area (Å²) in [5.74, 6) is 0.806. The van der Waals surface area contributed by atoms with E-state index in [2.05, 4.69) is 63.0 Å². The number of rotatable bonds is 5. The molecule has 0 saturated carbocycles. The minimum Gasteiger partial charge on any atom is -0.361 e. The van der Waals surface area contributed by atoms with E-state index in [9.17, 15) is 0 Å². The molecule has 5 nitrogen and oxygen atoms in total. The van der Waals surface area contributed by atoms with Gasteiger partial charge in [-0.15, -0.1) is 11.3 Å². The number of aromatic amines is 1. The summed E-state index contributed by atoms with van der Waals surface area (Å²) >= 11 is 1.73. The molecule has 3 N–H and O–H groups in total. The van der Waals surface area contributed by atoms with E-state index in [4.69, 9.17) is 0 Å². The summed E-state index contributed by atoms with van der Waals surface area (Å²) in [4.78, 5) is 13.4. The SMILES string of the molecule is CN=C(NCCc1c[nH]c2ccccc12)NCc1nc(C)c(C)s1. The van der Waals surface area contributed by atoms with Crippen LogP contribution < -0.4 is 10.6 Å². The van der Waals surface area contributed by atoms with Crippen LogP contribution in [0.5, 0.6) is 0 Å². The van der Waals surface area contributed by atoms with Gasteiger partial charge in [0, 0.05) is 35.6 Å². The molecule has 0 aliphatic rings. The molecule has 3 aromatic rings. The van der Waals surface area contributed by atoms with Crippen LogP contribution in [0.3, 0.4) is 0 Å². The molecule has 1 aromatic carbocycles. The largest absolute Gasteiger partial charge is 0.361 e. The molecule has 0 aliphatic carbocycles. The lowest BCUT2D eigenvalue weighted by Crippen LogP contribution is -2.37. The summed E-state index contributed by atoms with van der Waals surface area (Å²) in [6, 6.07) is 8.38. The first kappa shape index (κ1) is 16.5. The van der Waals surface area contributed by atoms with Gasteiger partial charge in [0.2, 0.25) is 0 Å². The first-order chi connectivity index (χ1) is 11.7. The lowest BCUT2D eigenvalue weighted by atomic mass is 10.1. The van der Waals surface area contributed by atoms with Crippen molar-refractivity contribution in [2.75, 3.05) is 13.6 Å². The number of H-pyrrole nitrogens is 1. The third kappa shape index (κ3) is 3.76. The lowest BCUT2D eigenvalue weighted by Gasteiger charge is -2.10. The van der Waals surface area contributed by atoms with Gasteiger partial charge in [0.05, 0.1) is 12.2 Å². The number of nitrogens with one attached hydrogen (secondary N) is 3. The van der Waals surface area contributed by atoms with Crippen LogP contribution in [0.25, 0.3) is 10.9 Å². The summed E-state index contributed by atoms with van der Waals surface area (Å²) in [6.07, 6.45) is 3.03. The fourth-order valence-corrected chi connectivity index (χ4v) is 3.52. The molecular weight excluding hydrogens is 318 g/mol. The zero-order chi connectivity index (χ0) is 16.9. The highest BCUT2D eigenvalue weighted by molar-refractivity contribution is 7.11. The summed E-state index contributed by atoms with van der Waals surface area (Å²) in [5.41, 5.74) is 3.61. The van der Waals surface area contributed by atoms with Crippen molar-refractivity contribution in [3.8, 4) is 0 Å². The van der Waals surface area contributed by atoms with Gasteiger partial charge in [-0.3, -0.25) is 4.99 Å². The van der Waals surface area contributed by atoms with Gasteiger partial charge < -0.3 is 15.6 Å². The molecule has 0 amide bonds. The molecule has 2 heterocycles. The van der Waals surface area contributed by atoms with Gasteiger partial charge in [-0.05, 0) is 31.9 Å². The van der Waals surface area contributed by atoms with Gasteiger partial charge in [0.1, 0.15) is 5.01 Å². The van der Waals surface area contributed by atoms with Crippen molar-refractivity contribution in [3.63, 3.8) is 0 Å². The number of aliphatic imine (C=N–C) groups is 1. The average Bonchev–Trinajstić information content (AvgIpc) is 3.14. The van der Waals surface area contributed by atoms with Crippen LogP contribution in [0.4, 0.5) is 0 Å². The Balaban J connectivity index is 1.51. The topological polar surface area (TPSA) is 65.1 Å². The second-order valence-corrected chi connectivity index (χ2v) is 7.00. The Kier molecular flexibility index (Phi) is 5.15. The molecule has 0 radical (unpaired) electrons. The van der Waals surface area contributed by atoms with Crippen molar-refractivity contribution in [1.29, 1.82) is 0 Å². The molecule has 3 rings (SSSR count). The Bertz CT molecular complexity index is 827. The summed E-state index contributed by atoms with van der Waals surface area (Å²) in [6.45, 7) is 5.68. The van der Waals surface area contributed by atoms with E-state index >= 15 is 0 Å². The highest BCUT2D eigenvalue weighted by Gasteiger charge is 2.06. The molecule has 2 aromatic heterocycles. The second kappa shape index (κ2) is 7.49. The summed E-state index contributed by atoms with van der Waals surface area (Å²) < 4.78 is 0. The van der Waals surface area contributed by atoms with Crippen LogP contribution in [-0.4, -0.2) is 29.5 Å². The maximum absolute atomic E-state index is 4.54. The summed E-state index contributed by atoms with van der Waals surface area (Å²) in [5, 5.41) is 9.06. The van der Waals surface area contributed by atoms with E-state index in [1.807, 2.05) is 6.92 Å².